The van der Waals surface area contributed by atoms with Crippen LogP contribution in [-0.4, -0.2) is 16.3 Å². The van der Waals surface area contributed by atoms with Crippen molar-refractivity contribution in [3.05, 3.63) is 51.8 Å². The van der Waals surface area contributed by atoms with Gasteiger partial charge in [-0.05, 0) is 43.5 Å². The average molecular weight is 326 g/mol. The summed E-state index contributed by atoms with van der Waals surface area (Å²) in [5.74, 6) is 0. The fourth-order valence-corrected chi connectivity index (χ4v) is 2.76. The fourth-order valence-electron chi connectivity index (χ4n) is 2.32. The minimum absolute atomic E-state index is 0.144. The highest BCUT2D eigenvalue weighted by atomic mass is 35.5. The number of halogens is 2. The molecular formula is C16H21Cl2N3. The van der Waals surface area contributed by atoms with E-state index in [1.54, 1.807) is 0 Å². The van der Waals surface area contributed by atoms with Crippen LogP contribution in [0.3, 0.4) is 0 Å². The molecule has 114 valence electrons. The van der Waals surface area contributed by atoms with Crippen molar-refractivity contribution >= 4 is 23.2 Å². The Morgan fingerprint density at radius 3 is 2.76 bits per heavy atom. The van der Waals surface area contributed by atoms with Gasteiger partial charge in [-0.15, -0.1) is 0 Å². The maximum Gasteiger partial charge on any atom is 0.0640 e. The minimum atomic E-state index is 0.144. The summed E-state index contributed by atoms with van der Waals surface area (Å²) in [5, 5.41) is 9.11. The van der Waals surface area contributed by atoms with Crippen LogP contribution in [0.15, 0.2) is 30.6 Å². The zero-order valence-electron chi connectivity index (χ0n) is 12.4. The topological polar surface area (TPSA) is 29.9 Å². The molecule has 0 bridgehead atoms. The van der Waals surface area contributed by atoms with Crippen molar-refractivity contribution < 1.29 is 0 Å². The van der Waals surface area contributed by atoms with Crippen molar-refractivity contribution in [3.63, 3.8) is 0 Å². The van der Waals surface area contributed by atoms with Gasteiger partial charge in [0.25, 0.3) is 0 Å². The van der Waals surface area contributed by atoms with E-state index in [2.05, 4.69) is 30.5 Å². The summed E-state index contributed by atoms with van der Waals surface area (Å²) >= 11 is 12.5. The van der Waals surface area contributed by atoms with Crippen LogP contribution < -0.4 is 5.32 Å². The molecule has 0 saturated carbocycles. The van der Waals surface area contributed by atoms with Gasteiger partial charge in [0.05, 0.1) is 16.2 Å². The van der Waals surface area contributed by atoms with E-state index in [1.165, 1.54) is 5.56 Å². The van der Waals surface area contributed by atoms with Crippen LogP contribution in [-0.2, 0) is 13.0 Å². The summed E-state index contributed by atoms with van der Waals surface area (Å²) in [7, 11) is 0. The number of hydrogen-bond donors (Lipinski definition) is 1. The van der Waals surface area contributed by atoms with Gasteiger partial charge in [0.2, 0.25) is 0 Å². The first-order chi connectivity index (χ1) is 10.2. The number of aryl methyl sites for hydroxylation is 1. The Morgan fingerprint density at radius 2 is 2.10 bits per heavy atom. The van der Waals surface area contributed by atoms with E-state index < -0.39 is 0 Å². The van der Waals surface area contributed by atoms with E-state index in [9.17, 15) is 0 Å². The summed E-state index contributed by atoms with van der Waals surface area (Å²) in [4.78, 5) is 0. The Hall–Kier alpha value is -1.03. The Morgan fingerprint density at radius 1 is 1.29 bits per heavy atom. The first-order valence-corrected chi connectivity index (χ1v) is 8.09. The van der Waals surface area contributed by atoms with E-state index in [0.717, 1.165) is 31.5 Å². The van der Waals surface area contributed by atoms with Crippen molar-refractivity contribution in [2.75, 3.05) is 6.54 Å². The van der Waals surface area contributed by atoms with Crippen LogP contribution in [0.1, 0.15) is 37.4 Å². The SMILES string of the molecule is CCCNC(Cc1cnn(CC)c1)c1cccc(Cl)c1Cl. The zero-order chi connectivity index (χ0) is 15.2. The van der Waals surface area contributed by atoms with E-state index in [1.807, 2.05) is 29.1 Å². The van der Waals surface area contributed by atoms with E-state index in [-0.39, 0.29) is 6.04 Å². The second-order valence-corrected chi connectivity index (χ2v) is 5.84. The van der Waals surface area contributed by atoms with Crippen LogP contribution in [0.5, 0.6) is 0 Å². The lowest BCUT2D eigenvalue weighted by molar-refractivity contribution is 0.529. The molecular weight excluding hydrogens is 305 g/mol. The molecule has 1 N–H and O–H groups in total. The maximum absolute atomic E-state index is 6.37. The Bertz CT molecular complexity index is 581. The summed E-state index contributed by atoms with van der Waals surface area (Å²) in [6, 6.07) is 5.94. The maximum atomic E-state index is 6.37. The van der Waals surface area contributed by atoms with Gasteiger partial charge < -0.3 is 5.32 Å². The molecule has 1 aromatic carbocycles. The summed E-state index contributed by atoms with van der Waals surface area (Å²) in [6.07, 6.45) is 5.92. The number of nitrogens with one attached hydrogen (secondary N) is 1. The molecule has 1 atom stereocenters. The van der Waals surface area contributed by atoms with Gasteiger partial charge in [-0.25, -0.2) is 0 Å². The van der Waals surface area contributed by atoms with Crippen molar-refractivity contribution in [1.29, 1.82) is 0 Å². The third-order valence-electron chi connectivity index (χ3n) is 3.45. The molecule has 1 heterocycles. The first kappa shape index (κ1) is 16.3. The molecule has 1 unspecified atom stereocenters. The average Bonchev–Trinajstić information content (AvgIpc) is 2.94. The minimum Gasteiger partial charge on any atom is -0.310 e. The van der Waals surface area contributed by atoms with Gasteiger partial charge in [0.1, 0.15) is 0 Å². The van der Waals surface area contributed by atoms with Gasteiger partial charge in [-0.1, -0.05) is 42.3 Å². The lowest BCUT2D eigenvalue weighted by Gasteiger charge is -2.20. The van der Waals surface area contributed by atoms with Crippen molar-refractivity contribution in [2.45, 2.75) is 39.3 Å². The van der Waals surface area contributed by atoms with E-state index >= 15 is 0 Å². The fraction of sp³-hybridized carbons (Fsp3) is 0.438. The predicted octanol–water partition coefficient (Wildman–Crippen LogP) is 4.49. The molecule has 0 aliphatic heterocycles. The number of hydrogen-bond acceptors (Lipinski definition) is 2. The zero-order valence-corrected chi connectivity index (χ0v) is 14.0. The Kier molecular flexibility index (Phi) is 6.09. The highest BCUT2D eigenvalue weighted by Crippen LogP contribution is 2.31. The van der Waals surface area contributed by atoms with Crippen LogP contribution in [0.4, 0.5) is 0 Å². The first-order valence-electron chi connectivity index (χ1n) is 7.34. The summed E-state index contributed by atoms with van der Waals surface area (Å²) < 4.78 is 1.94. The monoisotopic (exact) mass is 325 g/mol. The normalized spacial score (nSPS) is 12.6. The molecule has 5 heteroatoms. The largest absolute Gasteiger partial charge is 0.310 e. The van der Waals surface area contributed by atoms with Crippen molar-refractivity contribution in [1.82, 2.24) is 15.1 Å². The molecule has 0 saturated heterocycles. The summed E-state index contributed by atoms with van der Waals surface area (Å²) in [5.41, 5.74) is 2.24. The molecule has 0 spiro atoms. The third-order valence-corrected chi connectivity index (χ3v) is 4.28. The van der Waals surface area contributed by atoms with Crippen LogP contribution in [0, 0.1) is 0 Å². The molecule has 0 aliphatic rings. The number of nitrogens with zero attached hydrogens (tertiary/aromatic N) is 2. The Balaban J connectivity index is 2.23. The quantitative estimate of drug-likeness (QED) is 0.812. The van der Waals surface area contributed by atoms with Gasteiger partial charge in [-0.3, -0.25) is 4.68 Å². The van der Waals surface area contributed by atoms with Crippen molar-refractivity contribution in [2.24, 2.45) is 0 Å². The molecule has 1 aromatic heterocycles. The van der Waals surface area contributed by atoms with Crippen LogP contribution in [0.25, 0.3) is 0 Å². The van der Waals surface area contributed by atoms with E-state index in [4.69, 9.17) is 23.2 Å². The van der Waals surface area contributed by atoms with Crippen molar-refractivity contribution in [3.8, 4) is 0 Å². The smallest absolute Gasteiger partial charge is 0.0640 e. The lowest BCUT2D eigenvalue weighted by atomic mass is 10.0. The highest BCUT2D eigenvalue weighted by Gasteiger charge is 2.17. The molecule has 2 aromatic rings. The lowest BCUT2D eigenvalue weighted by Crippen LogP contribution is -2.24. The predicted molar refractivity (Wildman–Crippen MR) is 89.1 cm³/mol. The molecule has 3 nitrogen and oxygen atoms in total. The van der Waals surface area contributed by atoms with Crippen LogP contribution >= 0.6 is 23.2 Å². The van der Waals surface area contributed by atoms with Crippen LogP contribution in [0.2, 0.25) is 10.0 Å². The Labute approximate surface area is 136 Å². The molecule has 0 amide bonds. The third kappa shape index (κ3) is 4.22. The molecule has 0 fully saturated rings. The highest BCUT2D eigenvalue weighted by molar-refractivity contribution is 6.42. The molecule has 2 rings (SSSR count). The number of benzene rings is 1. The van der Waals surface area contributed by atoms with Gasteiger partial charge in [0, 0.05) is 18.8 Å². The molecule has 0 aliphatic carbocycles. The van der Waals surface area contributed by atoms with Gasteiger partial charge in [-0.2, -0.15) is 5.10 Å². The number of rotatable bonds is 7. The summed E-state index contributed by atoms with van der Waals surface area (Å²) in [6.45, 7) is 6.05. The number of aromatic nitrogens is 2. The van der Waals surface area contributed by atoms with Gasteiger partial charge in [0.15, 0.2) is 0 Å². The van der Waals surface area contributed by atoms with E-state index in [0.29, 0.717) is 10.0 Å². The molecule has 0 radical (unpaired) electrons. The second-order valence-electron chi connectivity index (χ2n) is 5.06. The molecule has 21 heavy (non-hydrogen) atoms. The standard InChI is InChI=1S/C16H21Cl2N3/c1-3-8-19-15(9-12-10-20-21(4-2)11-12)13-6-5-7-14(17)16(13)18/h5-7,10-11,15,19H,3-4,8-9H2,1-2H3. The van der Waals surface area contributed by atoms with Gasteiger partial charge >= 0.3 is 0 Å². The second kappa shape index (κ2) is 7.83.